The van der Waals surface area contributed by atoms with Crippen molar-refractivity contribution in [1.82, 2.24) is 9.13 Å². The number of aromatic nitrogens is 2. The molecule has 0 saturated heterocycles. The Morgan fingerprint density at radius 1 is 1.04 bits per heavy atom. The van der Waals surface area contributed by atoms with Gasteiger partial charge in [0.2, 0.25) is 9.84 Å². The number of rotatable bonds is 2. The zero-order valence-corrected chi connectivity index (χ0v) is 15.8. The summed E-state index contributed by atoms with van der Waals surface area (Å²) in [5, 5.41) is 19.2. The number of hydrogen-bond donors (Lipinski definition) is 0. The SMILES string of the molecule is Cc1c(N=NC2=C([O-])CC3(CCCCC3)S2(=O)=O)c(=O)n(C)c(=O)n1C. The maximum absolute atomic E-state index is 12.9. The van der Waals surface area contributed by atoms with Gasteiger partial charge in [0.25, 0.3) is 5.56 Å². The third-order valence-electron chi connectivity index (χ3n) is 5.48. The van der Waals surface area contributed by atoms with Gasteiger partial charge in [0, 0.05) is 14.1 Å². The smallest absolute Gasteiger partial charge is 0.330 e. The zero-order valence-electron chi connectivity index (χ0n) is 15.0. The van der Waals surface area contributed by atoms with Crippen molar-refractivity contribution >= 4 is 15.5 Å². The van der Waals surface area contributed by atoms with Gasteiger partial charge in [-0.15, -0.1) is 10.2 Å². The molecule has 142 valence electrons. The van der Waals surface area contributed by atoms with Crippen LogP contribution in [-0.4, -0.2) is 22.3 Å². The van der Waals surface area contributed by atoms with Crippen molar-refractivity contribution in [3.63, 3.8) is 0 Å². The molecule has 9 nitrogen and oxygen atoms in total. The highest BCUT2D eigenvalue weighted by atomic mass is 32.2. The van der Waals surface area contributed by atoms with Crippen LogP contribution in [0.1, 0.15) is 44.2 Å². The van der Waals surface area contributed by atoms with Crippen molar-refractivity contribution in [2.75, 3.05) is 0 Å². The van der Waals surface area contributed by atoms with E-state index in [1.807, 2.05) is 0 Å². The summed E-state index contributed by atoms with van der Waals surface area (Å²) < 4.78 is 26.8. The Morgan fingerprint density at radius 3 is 2.27 bits per heavy atom. The van der Waals surface area contributed by atoms with E-state index in [4.69, 9.17) is 0 Å². The van der Waals surface area contributed by atoms with Crippen LogP contribution in [-0.2, 0) is 23.9 Å². The van der Waals surface area contributed by atoms with Gasteiger partial charge in [-0.05, 0) is 26.2 Å². The van der Waals surface area contributed by atoms with E-state index in [-0.39, 0.29) is 17.8 Å². The summed E-state index contributed by atoms with van der Waals surface area (Å²) in [6.07, 6.45) is 3.29. The van der Waals surface area contributed by atoms with Crippen LogP contribution in [0.15, 0.2) is 30.6 Å². The fourth-order valence-corrected chi connectivity index (χ4v) is 5.79. The van der Waals surface area contributed by atoms with Gasteiger partial charge in [0.1, 0.15) is 0 Å². The molecule has 2 heterocycles. The summed E-state index contributed by atoms with van der Waals surface area (Å²) in [4.78, 5) is 24.1. The van der Waals surface area contributed by atoms with Gasteiger partial charge >= 0.3 is 5.69 Å². The first-order valence-corrected chi connectivity index (χ1v) is 9.94. The van der Waals surface area contributed by atoms with Gasteiger partial charge in [0.05, 0.1) is 10.4 Å². The molecular weight excluding hydrogens is 360 g/mol. The van der Waals surface area contributed by atoms with E-state index < -0.39 is 36.6 Å². The fourth-order valence-electron chi connectivity index (χ4n) is 3.71. The molecule has 1 spiro atoms. The van der Waals surface area contributed by atoms with Crippen LogP contribution in [0.25, 0.3) is 0 Å². The maximum atomic E-state index is 12.9. The fraction of sp³-hybridized carbons (Fsp3) is 0.625. The monoisotopic (exact) mass is 381 g/mol. The summed E-state index contributed by atoms with van der Waals surface area (Å²) >= 11 is 0. The number of hydrogen-bond acceptors (Lipinski definition) is 7. The van der Waals surface area contributed by atoms with E-state index in [1.165, 1.54) is 25.6 Å². The van der Waals surface area contributed by atoms with Crippen LogP contribution in [0.3, 0.4) is 0 Å². The third kappa shape index (κ3) is 2.54. The Kier molecular flexibility index (Phi) is 4.41. The lowest BCUT2D eigenvalue weighted by Crippen LogP contribution is -2.38. The maximum Gasteiger partial charge on any atom is 0.330 e. The lowest BCUT2D eigenvalue weighted by molar-refractivity contribution is -0.307. The lowest BCUT2D eigenvalue weighted by Gasteiger charge is -2.32. The number of azo groups is 1. The predicted molar refractivity (Wildman–Crippen MR) is 92.6 cm³/mol. The van der Waals surface area contributed by atoms with E-state index in [1.54, 1.807) is 0 Å². The van der Waals surface area contributed by atoms with Crippen LogP contribution in [0.2, 0.25) is 0 Å². The topological polar surface area (TPSA) is 126 Å². The molecule has 3 rings (SSSR count). The summed E-state index contributed by atoms with van der Waals surface area (Å²) in [5.74, 6) is -0.560. The second-order valence-electron chi connectivity index (χ2n) is 6.99. The lowest BCUT2D eigenvalue weighted by atomic mass is 9.86. The summed E-state index contributed by atoms with van der Waals surface area (Å²) in [5.41, 5.74) is -1.12. The van der Waals surface area contributed by atoms with Crippen LogP contribution >= 0.6 is 0 Å². The molecule has 1 fully saturated rings. The van der Waals surface area contributed by atoms with Gasteiger partial charge < -0.3 is 5.11 Å². The van der Waals surface area contributed by atoms with Crippen molar-refractivity contribution in [1.29, 1.82) is 0 Å². The van der Waals surface area contributed by atoms with E-state index in [0.29, 0.717) is 12.8 Å². The predicted octanol–water partition coefficient (Wildman–Crippen LogP) is 0.527. The van der Waals surface area contributed by atoms with Crippen LogP contribution < -0.4 is 16.4 Å². The molecule has 1 aliphatic heterocycles. The average molecular weight is 381 g/mol. The van der Waals surface area contributed by atoms with Crippen molar-refractivity contribution in [3.05, 3.63) is 37.3 Å². The van der Waals surface area contributed by atoms with E-state index in [2.05, 4.69) is 10.2 Å². The molecule has 1 aliphatic carbocycles. The van der Waals surface area contributed by atoms with Crippen molar-refractivity contribution in [3.8, 4) is 0 Å². The highest BCUT2D eigenvalue weighted by Gasteiger charge is 2.50. The minimum atomic E-state index is -3.89. The van der Waals surface area contributed by atoms with Crippen molar-refractivity contribution in [2.24, 2.45) is 24.3 Å². The van der Waals surface area contributed by atoms with Crippen molar-refractivity contribution < 1.29 is 13.5 Å². The molecule has 2 aliphatic rings. The zero-order chi connectivity index (χ0) is 19.3. The second kappa shape index (κ2) is 6.19. The molecule has 0 aromatic carbocycles. The Bertz CT molecular complexity index is 1040. The Balaban J connectivity index is 2.06. The molecule has 0 unspecified atom stereocenters. The summed E-state index contributed by atoms with van der Waals surface area (Å²) in [6, 6.07) is 0. The molecule has 26 heavy (non-hydrogen) atoms. The summed E-state index contributed by atoms with van der Waals surface area (Å²) in [6.45, 7) is 1.51. The first-order valence-electron chi connectivity index (χ1n) is 8.45. The molecule has 1 aromatic heterocycles. The normalized spacial score (nSPS) is 21.8. The average Bonchev–Trinajstić information content (AvgIpc) is 2.78. The Hall–Kier alpha value is -2.23. The minimum absolute atomic E-state index is 0.0754. The number of allylic oxidation sites excluding steroid dienone is 1. The van der Waals surface area contributed by atoms with Gasteiger partial charge in [-0.1, -0.05) is 25.0 Å². The molecule has 1 aromatic rings. The standard InChI is InChI=1S/C16H22N4O5S/c1-10-12(14(22)20(3)15(23)19(10)2)17-18-13-11(21)9-16(26(13,24)25)7-5-4-6-8-16/h21H,4-9H2,1-3H3/p-1. The van der Waals surface area contributed by atoms with Crippen molar-refractivity contribution in [2.45, 2.75) is 50.2 Å². The molecule has 0 radical (unpaired) electrons. The highest BCUT2D eigenvalue weighted by molar-refractivity contribution is 7.96. The molecule has 0 atom stereocenters. The number of nitrogens with zero attached hydrogens (tertiary/aromatic N) is 4. The van der Waals surface area contributed by atoms with Crippen LogP contribution in [0.4, 0.5) is 5.69 Å². The van der Waals surface area contributed by atoms with E-state index >= 15 is 0 Å². The minimum Gasteiger partial charge on any atom is -0.873 e. The van der Waals surface area contributed by atoms with Crippen LogP contribution in [0.5, 0.6) is 0 Å². The second-order valence-corrected chi connectivity index (χ2v) is 9.25. The van der Waals surface area contributed by atoms with E-state index in [0.717, 1.165) is 23.8 Å². The quantitative estimate of drug-likeness (QED) is 0.691. The highest BCUT2D eigenvalue weighted by Crippen LogP contribution is 2.48. The molecule has 1 saturated carbocycles. The van der Waals surface area contributed by atoms with E-state index in [9.17, 15) is 23.1 Å². The third-order valence-corrected chi connectivity index (χ3v) is 7.99. The van der Waals surface area contributed by atoms with Gasteiger partial charge in [-0.2, -0.15) is 0 Å². The first-order chi connectivity index (χ1) is 12.1. The molecule has 0 bridgehead atoms. The Labute approximate surface area is 150 Å². The largest absolute Gasteiger partial charge is 0.873 e. The Morgan fingerprint density at radius 2 is 1.65 bits per heavy atom. The molecular formula is C16H21N4O5S-. The van der Waals surface area contributed by atoms with Crippen LogP contribution in [0, 0.1) is 6.92 Å². The first kappa shape index (κ1) is 18.6. The molecule has 10 heteroatoms. The van der Waals surface area contributed by atoms with Gasteiger partial charge in [0.15, 0.2) is 10.7 Å². The number of sulfone groups is 1. The summed E-state index contributed by atoms with van der Waals surface area (Å²) in [7, 11) is -1.13. The van der Waals surface area contributed by atoms with Gasteiger partial charge in [-0.3, -0.25) is 13.9 Å². The molecule has 0 amide bonds. The molecule has 0 N–H and O–H groups in total. The van der Waals surface area contributed by atoms with Gasteiger partial charge in [-0.25, -0.2) is 13.2 Å².